The van der Waals surface area contributed by atoms with E-state index in [-0.39, 0.29) is 38.6 Å². The van der Waals surface area contributed by atoms with Crippen molar-refractivity contribution in [1.29, 1.82) is 0 Å². The number of phosphoric acid groups is 1. The van der Waals surface area contributed by atoms with Crippen LogP contribution in [0, 0.1) is 0 Å². The van der Waals surface area contributed by atoms with Crippen LogP contribution < -0.4 is 5.73 Å². The molecule has 0 saturated heterocycles. The van der Waals surface area contributed by atoms with Gasteiger partial charge in [0, 0.05) is 19.4 Å². The topological polar surface area (TPSA) is 134 Å². The summed E-state index contributed by atoms with van der Waals surface area (Å²) in [6, 6.07) is 0. The molecule has 0 heterocycles. The summed E-state index contributed by atoms with van der Waals surface area (Å²) in [6.45, 7) is 3.75. The van der Waals surface area contributed by atoms with Crippen molar-refractivity contribution >= 4 is 19.8 Å². The lowest BCUT2D eigenvalue weighted by molar-refractivity contribution is -0.161. The third-order valence-electron chi connectivity index (χ3n) is 12.9. The van der Waals surface area contributed by atoms with Crippen molar-refractivity contribution in [1.82, 2.24) is 0 Å². The fraction of sp³-hybridized carbons (Fsp3) is 0.803. The van der Waals surface area contributed by atoms with Crippen LogP contribution in [0.3, 0.4) is 0 Å². The second-order valence-corrected chi connectivity index (χ2v) is 21.3. The third kappa shape index (κ3) is 56.9. The van der Waals surface area contributed by atoms with Gasteiger partial charge in [-0.05, 0) is 83.5 Å². The average molecular weight is 1020 g/mol. The highest BCUT2D eigenvalue weighted by Gasteiger charge is 2.26. The second kappa shape index (κ2) is 57.0. The fourth-order valence-electron chi connectivity index (χ4n) is 8.44. The zero-order chi connectivity index (χ0) is 51.7. The molecule has 0 aliphatic heterocycles. The summed E-state index contributed by atoms with van der Waals surface area (Å²) in [5.74, 6) is -0.824. The molecule has 0 aromatic carbocycles. The lowest BCUT2D eigenvalue weighted by Crippen LogP contribution is -2.29. The molecule has 0 rings (SSSR count). The van der Waals surface area contributed by atoms with E-state index >= 15 is 0 Å². The van der Waals surface area contributed by atoms with Crippen molar-refractivity contribution in [3.63, 3.8) is 0 Å². The first kappa shape index (κ1) is 68.7. The molecule has 9 nitrogen and oxygen atoms in total. The molecule has 0 radical (unpaired) electrons. The number of unbranched alkanes of at least 4 members (excludes halogenated alkanes) is 33. The average Bonchev–Trinajstić information content (AvgIpc) is 3.36. The molecule has 3 N–H and O–H groups in total. The predicted octanol–water partition coefficient (Wildman–Crippen LogP) is 18.7. The van der Waals surface area contributed by atoms with Gasteiger partial charge in [-0.2, -0.15) is 0 Å². The number of carbonyl (C=O) groups is 2. The molecule has 2 unspecified atom stereocenters. The molecule has 10 heteroatoms. The van der Waals surface area contributed by atoms with Crippen LogP contribution in [0.15, 0.2) is 60.8 Å². The van der Waals surface area contributed by atoms with Crippen LogP contribution in [0.25, 0.3) is 0 Å². The van der Waals surface area contributed by atoms with E-state index in [9.17, 15) is 19.0 Å². The van der Waals surface area contributed by atoms with Crippen LogP contribution in [-0.2, 0) is 32.7 Å². The molecule has 0 bridgehead atoms. The normalized spacial score (nSPS) is 13.5. The maximum absolute atomic E-state index is 12.7. The molecular weight excluding hydrogens is 906 g/mol. The third-order valence-corrected chi connectivity index (χ3v) is 13.9. The summed E-state index contributed by atoms with van der Waals surface area (Å²) in [6.07, 6.45) is 71.3. The largest absolute Gasteiger partial charge is 0.472 e. The predicted molar refractivity (Wildman–Crippen MR) is 303 cm³/mol. The molecular formula is C61H112NO8P. The Balaban J connectivity index is 3.97. The number of esters is 2. The molecule has 414 valence electrons. The minimum atomic E-state index is -4.39. The van der Waals surface area contributed by atoms with Gasteiger partial charge in [0.2, 0.25) is 0 Å². The Morgan fingerprint density at radius 1 is 0.423 bits per heavy atom. The zero-order valence-electron chi connectivity index (χ0n) is 46.2. The number of allylic oxidation sites excluding steroid dienone is 10. The van der Waals surface area contributed by atoms with E-state index in [4.69, 9.17) is 24.3 Å². The minimum absolute atomic E-state index is 0.0516. The summed E-state index contributed by atoms with van der Waals surface area (Å²) in [5, 5.41) is 0. The first-order chi connectivity index (χ1) is 34.8. The molecule has 71 heavy (non-hydrogen) atoms. The standard InChI is InChI=1S/C61H112NO8P/c1-3-5-7-9-11-13-15-17-19-21-23-25-27-28-29-30-32-34-36-38-40-42-44-46-48-50-52-54-61(64)70-59(58-69-71(65,66)68-56-55-62)57-67-60(63)53-51-49-47-45-43-41-39-37-35-33-31-26-24-22-20-18-16-14-12-10-8-6-4-2/h15-18,21-24,27-28,59H,3-14,19-20,25-26,29-58,62H2,1-2H3,(H,65,66)/b17-15-,18-16-,23-21-,24-22-,28-27-. The number of rotatable bonds is 56. The van der Waals surface area contributed by atoms with Crippen LogP contribution in [0.2, 0.25) is 0 Å². The molecule has 2 atom stereocenters. The smallest absolute Gasteiger partial charge is 0.462 e. The maximum atomic E-state index is 12.7. The summed E-state index contributed by atoms with van der Waals surface area (Å²) in [5.41, 5.74) is 5.38. The quantitative estimate of drug-likeness (QED) is 0.0264. The van der Waals surface area contributed by atoms with Gasteiger partial charge in [-0.25, -0.2) is 4.57 Å². The van der Waals surface area contributed by atoms with Crippen molar-refractivity contribution in [2.24, 2.45) is 5.73 Å². The maximum Gasteiger partial charge on any atom is 0.472 e. The van der Waals surface area contributed by atoms with Gasteiger partial charge in [-0.15, -0.1) is 0 Å². The van der Waals surface area contributed by atoms with Crippen LogP contribution in [0.1, 0.15) is 284 Å². The van der Waals surface area contributed by atoms with E-state index in [0.717, 1.165) is 57.8 Å². The number of phosphoric ester groups is 1. The molecule has 0 spiro atoms. The van der Waals surface area contributed by atoms with Gasteiger partial charge in [0.25, 0.3) is 0 Å². The molecule has 0 aliphatic carbocycles. The molecule has 0 aromatic heterocycles. The molecule has 0 saturated carbocycles. The molecule has 0 fully saturated rings. The number of nitrogens with two attached hydrogens (primary N) is 1. The summed E-state index contributed by atoms with van der Waals surface area (Å²) in [7, 11) is -4.39. The molecule has 0 aromatic rings. The number of ether oxygens (including phenoxy) is 2. The number of hydrogen-bond acceptors (Lipinski definition) is 8. The van der Waals surface area contributed by atoms with Crippen molar-refractivity contribution < 1.29 is 37.6 Å². The van der Waals surface area contributed by atoms with Gasteiger partial charge in [0.05, 0.1) is 13.2 Å². The lowest BCUT2D eigenvalue weighted by Gasteiger charge is -2.19. The first-order valence-corrected chi connectivity index (χ1v) is 31.3. The van der Waals surface area contributed by atoms with Gasteiger partial charge in [-0.3, -0.25) is 18.6 Å². The van der Waals surface area contributed by atoms with E-state index in [0.29, 0.717) is 6.42 Å². The molecule has 0 aliphatic rings. The first-order valence-electron chi connectivity index (χ1n) is 29.8. The summed E-state index contributed by atoms with van der Waals surface area (Å²) >= 11 is 0. The lowest BCUT2D eigenvalue weighted by atomic mass is 10.0. The van der Waals surface area contributed by atoms with Gasteiger partial charge < -0.3 is 20.1 Å². The van der Waals surface area contributed by atoms with Gasteiger partial charge in [0.1, 0.15) is 6.61 Å². The highest BCUT2D eigenvalue weighted by molar-refractivity contribution is 7.47. The van der Waals surface area contributed by atoms with E-state index < -0.39 is 26.5 Å². The second-order valence-electron chi connectivity index (χ2n) is 19.9. The van der Waals surface area contributed by atoms with Crippen LogP contribution in [0.4, 0.5) is 0 Å². The van der Waals surface area contributed by atoms with Crippen molar-refractivity contribution in [3.8, 4) is 0 Å². The number of hydrogen-bond donors (Lipinski definition) is 2. The van der Waals surface area contributed by atoms with Crippen LogP contribution in [-0.4, -0.2) is 49.3 Å². The number of carbonyl (C=O) groups excluding carboxylic acids is 2. The zero-order valence-corrected chi connectivity index (χ0v) is 47.1. The van der Waals surface area contributed by atoms with Crippen molar-refractivity contribution in [3.05, 3.63) is 60.8 Å². The van der Waals surface area contributed by atoms with E-state index in [1.807, 2.05) is 0 Å². The van der Waals surface area contributed by atoms with Gasteiger partial charge in [0.15, 0.2) is 6.10 Å². The fourth-order valence-corrected chi connectivity index (χ4v) is 9.20. The van der Waals surface area contributed by atoms with E-state index in [1.54, 1.807) is 0 Å². The van der Waals surface area contributed by atoms with Crippen LogP contribution in [0.5, 0.6) is 0 Å². The summed E-state index contributed by atoms with van der Waals surface area (Å²) in [4.78, 5) is 35.2. The molecule has 0 amide bonds. The Hall–Kier alpha value is -2.29. The Kier molecular flexibility index (Phi) is 55.2. The van der Waals surface area contributed by atoms with Crippen molar-refractivity contribution in [2.45, 2.75) is 290 Å². The van der Waals surface area contributed by atoms with E-state index in [1.165, 1.54) is 193 Å². The highest BCUT2D eigenvalue weighted by atomic mass is 31.2. The van der Waals surface area contributed by atoms with Crippen LogP contribution >= 0.6 is 7.82 Å². The SMILES string of the molecule is CCCCCCC/C=C\C/C=C\C/C=C\CCCCCCCCCCCCCCC(=O)OC(COC(=O)CCCCCCCCCCCCC/C=C\C/C=C\CCCCCCC)COP(=O)(O)OCCN. The minimum Gasteiger partial charge on any atom is -0.462 e. The van der Waals surface area contributed by atoms with E-state index in [2.05, 4.69) is 74.6 Å². The van der Waals surface area contributed by atoms with Gasteiger partial charge >= 0.3 is 19.8 Å². The van der Waals surface area contributed by atoms with Crippen molar-refractivity contribution in [2.75, 3.05) is 26.4 Å². The Labute approximate surface area is 438 Å². The Morgan fingerprint density at radius 3 is 1.08 bits per heavy atom. The van der Waals surface area contributed by atoms with Gasteiger partial charge in [-0.1, -0.05) is 248 Å². The monoisotopic (exact) mass is 1020 g/mol. The Bertz CT molecular complexity index is 1350. The Morgan fingerprint density at radius 2 is 0.732 bits per heavy atom. The summed E-state index contributed by atoms with van der Waals surface area (Å²) < 4.78 is 33.1. The highest BCUT2D eigenvalue weighted by Crippen LogP contribution is 2.43.